The van der Waals surface area contributed by atoms with E-state index < -0.39 is 0 Å². The molecule has 90 valence electrons. The quantitative estimate of drug-likeness (QED) is 0.637. The number of nitrogens with zero attached hydrogens (tertiary/aromatic N) is 1. The maximum Gasteiger partial charge on any atom is 0.0949 e. The summed E-state index contributed by atoms with van der Waals surface area (Å²) in [5.74, 6) is 0.791. The van der Waals surface area contributed by atoms with Gasteiger partial charge in [-0.2, -0.15) is 0 Å². The normalized spacial score (nSPS) is 11.0. The number of halogens is 1. The molecule has 0 N–H and O–H groups in total. The number of hydrogen-bond acceptors (Lipinski definition) is 1. The monoisotopic (exact) mass is 223 g/mol. The number of rotatable bonds is 7. The summed E-state index contributed by atoms with van der Waals surface area (Å²) in [5, 5.41) is 0. The third kappa shape index (κ3) is 5.24. The summed E-state index contributed by atoms with van der Waals surface area (Å²) >= 11 is 0. The molecule has 0 aliphatic rings. The Morgan fingerprint density at radius 3 is 2.75 bits per heavy atom. The summed E-state index contributed by atoms with van der Waals surface area (Å²) in [6.45, 7) is 4.20. The zero-order chi connectivity index (χ0) is 11.8. The van der Waals surface area contributed by atoms with Crippen molar-refractivity contribution in [1.29, 1.82) is 0 Å². The molecule has 16 heavy (non-hydrogen) atoms. The van der Waals surface area contributed by atoms with Crippen LogP contribution >= 0.6 is 0 Å². The van der Waals surface area contributed by atoms with E-state index in [2.05, 4.69) is 18.8 Å². The van der Waals surface area contributed by atoms with Crippen molar-refractivity contribution in [2.75, 3.05) is 6.67 Å². The topological polar surface area (TPSA) is 12.9 Å². The van der Waals surface area contributed by atoms with Gasteiger partial charge >= 0.3 is 0 Å². The maximum atomic E-state index is 12.2. The highest BCUT2D eigenvalue weighted by Crippen LogP contribution is 2.11. The van der Waals surface area contributed by atoms with E-state index in [1.165, 1.54) is 24.8 Å². The minimum absolute atomic E-state index is 0.316. The molecule has 1 nitrogen and oxygen atoms in total. The fraction of sp³-hybridized carbons (Fsp3) is 0.643. The zero-order valence-corrected chi connectivity index (χ0v) is 10.4. The predicted molar refractivity (Wildman–Crippen MR) is 66.3 cm³/mol. The molecule has 0 aliphatic carbocycles. The molecule has 0 aliphatic heterocycles. The number of aryl methyl sites for hydroxylation is 2. The summed E-state index contributed by atoms with van der Waals surface area (Å²) < 4.78 is 12.2. The van der Waals surface area contributed by atoms with E-state index in [4.69, 9.17) is 0 Å². The Kier molecular flexibility index (Phi) is 6.05. The molecule has 0 aromatic carbocycles. The first kappa shape index (κ1) is 13.1. The van der Waals surface area contributed by atoms with Gasteiger partial charge in [0, 0.05) is 18.3 Å². The third-order valence-corrected chi connectivity index (χ3v) is 2.73. The van der Waals surface area contributed by atoms with Gasteiger partial charge in [0.1, 0.15) is 0 Å². The molecule has 0 unspecified atom stereocenters. The van der Waals surface area contributed by atoms with Crippen LogP contribution in [0.4, 0.5) is 4.39 Å². The molecule has 2 heteroatoms. The van der Waals surface area contributed by atoms with Gasteiger partial charge in [-0.3, -0.25) is 9.37 Å². The second kappa shape index (κ2) is 7.37. The lowest BCUT2D eigenvalue weighted by Gasteiger charge is -2.05. The van der Waals surface area contributed by atoms with Crippen LogP contribution in [0.2, 0.25) is 0 Å². The molecule has 0 fully saturated rings. The van der Waals surface area contributed by atoms with Gasteiger partial charge in [-0.25, -0.2) is 0 Å². The lowest BCUT2D eigenvalue weighted by atomic mass is 10.0. The number of hydrogen-bond donors (Lipinski definition) is 0. The second-order valence-electron chi connectivity index (χ2n) is 4.73. The van der Waals surface area contributed by atoms with Gasteiger partial charge in [0.05, 0.1) is 6.67 Å². The van der Waals surface area contributed by atoms with Gasteiger partial charge in [-0.15, -0.1) is 0 Å². The molecule has 0 bridgehead atoms. The lowest BCUT2D eigenvalue weighted by Crippen LogP contribution is -1.95. The minimum Gasteiger partial charge on any atom is -0.261 e. The van der Waals surface area contributed by atoms with Gasteiger partial charge in [0.25, 0.3) is 0 Å². The van der Waals surface area contributed by atoms with Crippen molar-refractivity contribution < 1.29 is 4.39 Å². The lowest BCUT2D eigenvalue weighted by molar-refractivity contribution is 0.491. The van der Waals surface area contributed by atoms with Crippen molar-refractivity contribution >= 4 is 0 Å². The van der Waals surface area contributed by atoms with Crippen molar-refractivity contribution in [3.05, 3.63) is 29.6 Å². The van der Waals surface area contributed by atoms with E-state index >= 15 is 0 Å². The van der Waals surface area contributed by atoms with Gasteiger partial charge in [-0.1, -0.05) is 26.7 Å². The standard InChI is InChI=1S/C14H22FN/c1-12(2)5-3-4-6-13-8-10-16-14(11-13)7-9-15/h8,10-12H,3-7,9H2,1-2H3. The number of alkyl halides is 1. The molecule has 1 aromatic heterocycles. The van der Waals surface area contributed by atoms with Crippen molar-refractivity contribution in [2.45, 2.75) is 46.0 Å². The minimum atomic E-state index is -0.316. The highest BCUT2D eigenvalue weighted by molar-refractivity contribution is 5.16. The molecule has 0 radical (unpaired) electrons. The fourth-order valence-corrected chi connectivity index (χ4v) is 1.80. The van der Waals surface area contributed by atoms with Crippen LogP contribution in [0.1, 0.15) is 44.4 Å². The van der Waals surface area contributed by atoms with Crippen LogP contribution in [-0.2, 0) is 12.8 Å². The Morgan fingerprint density at radius 1 is 1.25 bits per heavy atom. The van der Waals surface area contributed by atoms with Crippen LogP contribution in [-0.4, -0.2) is 11.7 Å². The first-order valence-corrected chi connectivity index (χ1v) is 6.22. The SMILES string of the molecule is CC(C)CCCCc1ccnc(CCF)c1. The molecular weight excluding hydrogens is 201 g/mol. The van der Waals surface area contributed by atoms with Crippen molar-refractivity contribution in [3.8, 4) is 0 Å². The first-order chi connectivity index (χ1) is 7.72. The Labute approximate surface area is 98.1 Å². The highest BCUT2D eigenvalue weighted by atomic mass is 19.1. The molecule has 0 saturated carbocycles. The summed E-state index contributed by atoms with van der Waals surface area (Å²) in [6, 6.07) is 4.08. The van der Waals surface area contributed by atoms with Crippen LogP contribution in [0.3, 0.4) is 0 Å². The average Bonchev–Trinajstić information content (AvgIpc) is 2.25. The molecule has 0 saturated heterocycles. The third-order valence-electron chi connectivity index (χ3n) is 2.73. The molecule has 0 spiro atoms. The summed E-state index contributed by atoms with van der Waals surface area (Å²) in [6.07, 6.45) is 7.12. The van der Waals surface area contributed by atoms with Crippen molar-refractivity contribution in [2.24, 2.45) is 5.92 Å². The Morgan fingerprint density at radius 2 is 2.06 bits per heavy atom. The largest absolute Gasteiger partial charge is 0.261 e. The summed E-state index contributed by atoms with van der Waals surface area (Å²) in [7, 11) is 0. The predicted octanol–water partition coefficient (Wildman–Crippen LogP) is 3.96. The molecule has 1 aromatic rings. The summed E-state index contributed by atoms with van der Waals surface area (Å²) in [4.78, 5) is 4.15. The fourth-order valence-electron chi connectivity index (χ4n) is 1.80. The van der Waals surface area contributed by atoms with Crippen LogP contribution in [0.5, 0.6) is 0 Å². The first-order valence-electron chi connectivity index (χ1n) is 6.22. The van der Waals surface area contributed by atoms with Crippen LogP contribution in [0, 0.1) is 5.92 Å². The Bertz CT molecular complexity index is 297. The molecule has 1 heterocycles. The van der Waals surface area contributed by atoms with Gasteiger partial charge < -0.3 is 0 Å². The van der Waals surface area contributed by atoms with Crippen molar-refractivity contribution in [1.82, 2.24) is 4.98 Å². The van der Waals surface area contributed by atoms with Crippen LogP contribution in [0.15, 0.2) is 18.3 Å². The van der Waals surface area contributed by atoms with E-state index in [1.54, 1.807) is 6.20 Å². The number of unbranched alkanes of at least 4 members (excludes halogenated alkanes) is 1. The van der Waals surface area contributed by atoms with E-state index in [0.29, 0.717) is 6.42 Å². The Balaban J connectivity index is 2.33. The molecule has 0 amide bonds. The van der Waals surface area contributed by atoms with E-state index in [0.717, 1.165) is 18.0 Å². The van der Waals surface area contributed by atoms with E-state index in [-0.39, 0.29) is 6.67 Å². The average molecular weight is 223 g/mol. The Hall–Kier alpha value is -0.920. The molecular formula is C14H22FN. The second-order valence-corrected chi connectivity index (χ2v) is 4.73. The molecule has 0 atom stereocenters. The number of aromatic nitrogens is 1. The summed E-state index contributed by atoms with van der Waals surface area (Å²) in [5.41, 5.74) is 2.17. The van der Waals surface area contributed by atoms with Crippen LogP contribution in [0.25, 0.3) is 0 Å². The number of pyridine rings is 1. The molecule has 1 rings (SSSR count). The van der Waals surface area contributed by atoms with Gasteiger partial charge in [0.2, 0.25) is 0 Å². The van der Waals surface area contributed by atoms with E-state index in [1.807, 2.05) is 12.1 Å². The maximum absolute atomic E-state index is 12.2. The zero-order valence-electron chi connectivity index (χ0n) is 10.4. The van der Waals surface area contributed by atoms with E-state index in [9.17, 15) is 4.39 Å². The van der Waals surface area contributed by atoms with Gasteiger partial charge in [-0.05, 0) is 36.5 Å². The van der Waals surface area contributed by atoms with Crippen LogP contribution < -0.4 is 0 Å². The van der Waals surface area contributed by atoms with Gasteiger partial charge in [0.15, 0.2) is 0 Å². The van der Waals surface area contributed by atoms with Crippen molar-refractivity contribution in [3.63, 3.8) is 0 Å². The smallest absolute Gasteiger partial charge is 0.0949 e. The highest BCUT2D eigenvalue weighted by Gasteiger charge is 1.99.